The quantitative estimate of drug-likeness (QED) is 0.293. The Morgan fingerprint density at radius 3 is 1.75 bits per heavy atom. The van der Waals surface area contributed by atoms with Crippen molar-refractivity contribution < 1.29 is 14.3 Å². The van der Waals surface area contributed by atoms with E-state index < -0.39 is 0 Å². The van der Waals surface area contributed by atoms with Crippen LogP contribution in [0.3, 0.4) is 0 Å². The van der Waals surface area contributed by atoms with Crippen molar-refractivity contribution in [2.75, 3.05) is 13.7 Å². The van der Waals surface area contributed by atoms with Gasteiger partial charge in [0, 0.05) is 12.1 Å². The smallest absolute Gasteiger partial charge is 0.332 e. The Labute approximate surface area is 148 Å². The molecule has 24 heavy (non-hydrogen) atoms. The van der Waals surface area contributed by atoms with Crippen molar-refractivity contribution in [2.24, 2.45) is 0 Å². The van der Waals surface area contributed by atoms with Crippen LogP contribution in [0.25, 0.3) is 0 Å². The zero-order valence-corrected chi connectivity index (χ0v) is 16.0. The van der Waals surface area contributed by atoms with Crippen molar-refractivity contribution >= 4 is 11.9 Å². The van der Waals surface area contributed by atoms with Gasteiger partial charge in [-0.3, -0.25) is 4.79 Å². The Morgan fingerprint density at radius 2 is 1.42 bits per heavy atom. The summed E-state index contributed by atoms with van der Waals surface area (Å²) in [6.45, 7) is 11.4. The maximum atomic E-state index is 10.8. The second-order valence-electron chi connectivity index (χ2n) is 5.95. The van der Waals surface area contributed by atoms with Gasteiger partial charge in [0.05, 0.1) is 7.11 Å². The van der Waals surface area contributed by atoms with E-state index in [2.05, 4.69) is 30.1 Å². The summed E-state index contributed by atoms with van der Waals surface area (Å²) < 4.78 is 4.27. The number of carbonyl (C=O) groups is 2. The van der Waals surface area contributed by atoms with Gasteiger partial charge >= 0.3 is 5.97 Å². The van der Waals surface area contributed by atoms with Crippen LogP contribution in [0.2, 0.25) is 0 Å². The van der Waals surface area contributed by atoms with Gasteiger partial charge in [-0.15, -0.1) is 0 Å². The van der Waals surface area contributed by atoms with Gasteiger partial charge in [-0.05, 0) is 19.4 Å². The highest BCUT2D eigenvalue weighted by atomic mass is 16.5. The van der Waals surface area contributed by atoms with E-state index in [1.807, 2.05) is 0 Å². The predicted molar refractivity (Wildman–Crippen MR) is 102 cm³/mol. The molecule has 140 valence electrons. The Bertz CT molecular complexity index is 351. The molecule has 1 N–H and O–H groups in total. The molecule has 4 heteroatoms. The zero-order valence-electron chi connectivity index (χ0n) is 16.0. The number of amides is 1. The van der Waals surface area contributed by atoms with E-state index in [9.17, 15) is 9.59 Å². The lowest BCUT2D eigenvalue weighted by Crippen LogP contribution is -2.21. The number of esters is 1. The van der Waals surface area contributed by atoms with Crippen LogP contribution in [0, 0.1) is 0 Å². The van der Waals surface area contributed by atoms with Crippen LogP contribution < -0.4 is 5.32 Å². The molecule has 0 spiro atoms. The molecule has 0 saturated heterocycles. The molecular weight excluding hydrogens is 302 g/mol. The molecule has 0 saturated carbocycles. The van der Waals surface area contributed by atoms with Gasteiger partial charge in [0.25, 0.3) is 0 Å². The first-order valence-electron chi connectivity index (χ1n) is 9.13. The number of hydrogen-bond acceptors (Lipinski definition) is 3. The molecule has 4 nitrogen and oxygen atoms in total. The average molecular weight is 340 g/mol. The van der Waals surface area contributed by atoms with E-state index in [4.69, 9.17) is 0 Å². The van der Waals surface area contributed by atoms with Crippen LogP contribution in [0.15, 0.2) is 24.8 Å². The number of methoxy groups -OCH3 is 1. The summed E-state index contributed by atoms with van der Waals surface area (Å²) in [7, 11) is 1.33. The third-order valence-electron chi connectivity index (χ3n) is 3.55. The van der Waals surface area contributed by atoms with Crippen LogP contribution in [0.1, 0.15) is 78.1 Å². The first kappa shape index (κ1) is 24.7. The Morgan fingerprint density at radius 1 is 0.958 bits per heavy atom. The summed E-state index contributed by atoms with van der Waals surface area (Å²) in [4.78, 5) is 21.0. The van der Waals surface area contributed by atoms with Crippen LogP contribution >= 0.6 is 0 Å². The van der Waals surface area contributed by atoms with Crippen molar-refractivity contribution in [2.45, 2.75) is 78.1 Å². The van der Waals surface area contributed by atoms with E-state index in [1.165, 1.54) is 71.0 Å². The molecular formula is C20H37NO3. The topological polar surface area (TPSA) is 55.4 Å². The maximum absolute atomic E-state index is 10.8. The lowest BCUT2D eigenvalue weighted by molar-refractivity contribution is -0.136. The summed E-state index contributed by atoms with van der Waals surface area (Å²) in [5, 5.41) is 2.80. The predicted octanol–water partition coefficient (Wildman–Crippen LogP) is 4.95. The normalized spacial score (nSPS) is 9.46. The summed E-state index contributed by atoms with van der Waals surface area (Å²) in [5.41, 5.74) is 0.433. The maximum Gasteiger partial charge on any atom is 0.332 e. The molecule has 0 radical (unpaired) electrons. The van der Waals surface area contributed by atoms with Crippen molar-refractivity contribution in [3.63, 3.8) is 0 Å². The highest BCUT2D eigenvalue weighted by Gasteiger charge is 1.96. The highest BCUT2D eigenvalue weighted by molar-refractivity contribution is 5.87. The van der Waals surface area contributed by atoms with Crippen LogP contribution in [0.4, 0.5) is 0 Å². The molecule has 0 aromatic carbocycles. The molecule has 0 unspecified atom stereocenters. The second-order valence-corrected chi connectivity index (χ2v) is 5.95. The number of unbranched alkanes of at least 4 members (excludes halogenated alkanes) is 9. The minimum Gasteiger partial charge on any atom is -0.466 e. The minimum absolute atomic E-state index is 0.0547. The van der Waals surface area contributed by atoms with Gasteiger partial charge in [-0.25, -0.2) is 4.79 Å². The average Bonchev–Trinajstić information content (AvgIpc) is 2.59. The summed E-state index contributed by atoms with van der Waals surface area (Å²) in [5.74, 6) is -0.402. The molecule has 0 atom stereocenters. The fourth-order valence-corrected chi connectivity index (χ4v) is 2.07. The van der Waals surface area contributed by atoms with Gasteiger partial charge in [0.15, 0.2) is 0 Å². The second kappa shape index (κ2) is 19.5. The molecule has 0 aromatic heterocycles. The number of hydrogen-bond donors (Lipinski definition) is 1. The fraction of sp³-hybridized carbons (Fsp3) is 0.700. The molecule has 0 aliphatic carbocycles. The fourth-order valence-electron chi connectivity index (χ4n) is 2.07. The molecule has 1 amide bonds. The standard InChI is InChI=1S/C15H29NO.C5H8O2/c1-3-5-6-7-8-9-10-11-12-13-14-16-15(17)4-2;1-4(2)5(6)7-3/h4H,2-3,5-14H2,1H3,(H,16,17);1H2,2-3H3. The summed E-state index contributed by atoms with van der Waals surface area (Å²) in [6.07, 6.45) is 14.6. The Balaban J connectivity index is 0. The van der Waals surface area contributed by atoms with Gasteiger partial charge in [-0.1, -0.05) is 77.9 Å². The lowest BCUT2D eigenvalue weighted by atomic mass is 10.1. The van der Waals surface area contributed by atoms with E-state index >= 15 is 0 Å². The van der Waals surface area contributed by atoms with Gasteiger partial charge in [0.2, 0.25) is 5.91 Å². The number of ether oxygens (including phenoxy) is 1. The molecule has 0 aliphatic heterocycles. The third kappa shape index (κ3) is 20.4. The van der Waals surface area contributed by atoms with E-state index in [-0.39, 0.29) is 11.9 Å². The zero-order chi connectivity index (χ0) is 18.6. The SMILES string of the molecule is C=C(C)C(=O)OC.C=CC(=O)NCCCCCCCCCCCC. The Hall–Kier alpha value is -1.58. The molecule has 0 heterocycles. The summed E-state index contributed by atoms with van der Waals surface area (Å²) in [6, 6.07) is 0. The lowest BCUT2D eigenvalue weighted by Gasteiger charge is -2.03. The monoisotopic (exact) mass is 339 g/mol. The number of rotatable bonds is 13. The first-order chi connectivity index (χ1) is 11.5. The Kier molecular flexibility index (Phi) is 20.0. The van der Waals surface area contributed by atoms with E-state index in [0.717, 1.165) is 13.0 Å². The molecule has 0 aromatic rings. The molecule has 0 aliphatic rings. The van der Waals surface area contributed by atoms with Crippen LogP contribution in [-0.4, -0.2) is 25.5 Å². The third-order valence-corrected chi connectivity index (χ3v) is 3.55. The van der Waals surface area contributed by atoms with Crippen molar-refractivity contribution in [3.8, 4) is 0 Å². The highest BCUT2D eigenvalue weighted by Crippen LogP contribution is 2.10. The number of nitrogens with one attached hydrogen (secondary N) is 1. The van der Waals surface area contributed by atoms with Crippen molar-refractivity contribution in [1.82, 2.24) is 5.32 Å². The van der Waals surface area contributed by atoms with E-state index in [1.54, 1.807) is 6.92 Å². The van der Waals surface area contributed by atoms with Gasteiger partial charge in [-0.2, -0.15) is 0 Å². The summed E-state index contributed by atoms with van der Waals surface area (Å²) >= 11 is 0. The van der Waals surface area contributed by atoms with Crippen LogP contribution in [-0.2, 0) is 14.3 Å². The molecule has 0 fully saturated rings. The van der Waals surface area contributed by atoms with Crippen molar-refractivity contribution in [1.29, 1.82) is 0 Å². The molecule has 0 bridgehead atoms. The van der Waals surface area contributed by atoms with Crippen LogP contribution in [0.5, 0.6) is 0 Å². The first-order valence-corrected chi connectivity index (χ1v) is 9.13. The number of carbonyl (C=O) groups excluding carboxylic acids is 2. The van der Waals surface area contributed by atoms with E-state index in [0.29, 0.717) is 5.57 Å². The van der Waals surface area contributed by atoms with Crippen molar-refractivity contribution in [3.05, 3.63) is 24.8 Å². The van der Waals surface area contributed by atoms with Gasteiger partial charge < -0.3 is 10.1 Å². The largest absolute Gasteiger partial charge is 0.466 e. The minimum atomic E-state index is -0.347. The molecule has 0 rings (SSSR count). The van der Waals surface area contributed by atoms with Gasteiger partial charge in [0.1, 0.15) is 0 Å².